The molecule has 8 heteroatoms. The molecule has 0 fully saturated rings. The van der Waals surface area contributed by atoms with Crippen molar-refractivity contribution in [2.45, 2.75) is 37.3 Å². The van der Waals surface area contributed by atoms with Gasteiger partial charge in [-0.3, -0.25) is 14.4 Å². The molecule has 0 bridgehead atoms. The van der Waals surface area contributed by atoms with Crippen LogP contribution in [0.25, 0.3) is 6.08 Å². The highest BCUT2D eigenvalue weighted by atomic mass is 35.5. The molecule has 42 heavy (non-hydrogen) atoms. The number of nitrogens with one attached hydrogen (secondary N) is 3. The highest BCUT2D eigenvalue weighted by molar-refractivity contribution is 8.00. The van der Waals surface area contributed by atoms with Crippen LogP contribution in [0.3, 0.4) is 0 Å². The number of amides is 3. The van der Waals surface area contributed by atoms with Crippen molar-refractivity contribution in [3.8, 4) is 0 Å². The number of anilines is 2. The second-order valence-corrected chi connectivity index (χ2v) is 11.5. The summed E-state index contributed by atoms with van der Waals surface area (Å²) < 4.78 is 0. The summed E-state index contributed by atoms with van der Waals surface area (Å²) in [6.45, 7) is 5.96. The summed E-state index contributed by atoms with van der Waals surface area (Å²) in [6, 6.07) is 28.9. The number of thioether (sulfide) groups is 1. The van der Waals surface area contributed by atoms with Crippen LogP contribution in [0.2, 0.25) is 5.02 Å². The zero-order valence-corrected chi connectivity index (χ0v) is 25.2. The molecule has 0 aromatic heterocycles. The fourth-order valence-corrected chi connectivity index (χ4v) is 5.41. The Bertz CT molecular complexity index is 1580. The molecule has 0 aliphatic carbocycles. The first-order valence-electron chi connectivity index (χ1n) is 13.5. The largest absolute Gasteiger partial charge is 0.325 e. The fourth-order valence-electron chi connectivity index (χ4n) is 4.27. The van der Waals surface area contributed by atoms with Gasteiger partial charge in [-0.25, -0.2) is 0 Å². The molecule has 1 atom stereocenters. The van der Waals surface area contributed by atoms with Crippen molar-refractivity contribution in [2.75, 3.05) is 10.6 Å². The van der Waals surface area contributed by atoms with E-state index in [1.54, 1.807) is 60.7 Å². The molecule has 0 spiro atoms. The van der Waals surface area contributed by atoms with E-state index in [0.717, 1.165) is 21.7 Å². The summed E-state index contributed by atoms with van der Waals surface area (Å²) in [4.78, 5) is 40.2. The summed E-state index contributed by atoms with van der Waals surface area (Å²) in [5.41, 5.74) is 4.67. The van der Waals surface area contributed by atoms with Gasteiger partial charge in [0.15, 0.2) is 0 Å². The maximum absolute atomic E-state index is 13.4. The maximum Gasteiger partial charge on any atom is 0.272 e. The molecule has 4 aromatic carbocycles. The Morgan fingerprint density at radius 1 is 0.810 bits per heavy atom. The standard InChI is InChI=1S/C34H32ClN3O3S/c1-4-31(34(41)37-28-18-22(2)17-23(3)19-28)42-29-12-8-11-27(21-29)36-33(40)30(20-24-13-15-26(35)16-14-24)38-32(39)25-9-6-5-7-10-25/h5-21,31H,4H2,1-3H3,(H,36,40)(H,37,41)(H,38,39)/b30-20-. The minimum absolute atomic E-state index is 0.0727. The van der Waals surface area contributed by atoms with Gasteiger partial charge in [0.1, 0.15) is 5.70 Å². The number of carbonyl (C=O) groups excluding carboxylic acids is 3. The molecule has 0 aliphatic rings. The van der Waals surface area contributed by atoms with Crippen molar-refractivity contribution in [2.24, 2.45) is 0 Å². The molecule has 0 saturated carbocycles. The number of rotatable bonds is 10. The summed E-state index contributed by atoms with van der Waals surface area (Å²) in [6.07, 6.45) is 2.22. The van der Waals surface area contributed by atoms with Crippen LogP contribution in [0.4, 0.5) is 11.4 Å². The van der Waals surface area contributed by atoms with Gasteiger partial charge in [0.05, 0.1) is 5.25 Å². The van der Waals surface area contributed by atoms with E-state index in [0.29, 0.717) is 28.3 Å². The average molecular weight is 598 g/mol. The van der Waals surface area contributed by atoms with E-state index >= 15 is 0 Å². The van der Waals surface area contributed by atoms with Gasteiger partial charge in [0.25, 0.3) is 11.8 Å². The molecule has 214 valence electrons. The normalized spacial score (nSPS) is 11.9. The van der Waals surface area contributed by atoms with Gasteiger partial charge in [0.2, 0.25) is 5.91 Å². The van der Waals surface area contributed by atoms with Gasteiger partial charge < -0.3 is 16.0 Å². The van der Waals surface area contributed by atoms with E-state index in [4.69, 9.17) is 11.6 Å². The van der Waals surface area contributed by atoms with Crippen molar-refractivity contribution in [3.63, 3.8) is 0 Å². The van der Waals surface area contributed by atoms with Gasteiger partial charge in [-0.1, -0.05) is 61.0 Å². The average Bonchev–Trinajstić information content (AvgIpc) is 2.96. The lowest BCUT2D eigenvalue weighted by atomic mass is 10.1. The van der Waals surface area contributed by atoms with Crippen LogP contribution in [0, 0.1) is 13.8 Å². The second-order valence-electron chi connectivity index (χ2n) is 9.79. The number of carbonyl (C=O) groups is 3. The fraction of sp³-hybridized carbons (Fsp3) is 0.147. The van der Waals surface area contributed by atoms with Crippen molar-refractivity contribution in [1.29, 1.82) is 0 Å². The summed E-state index contributed by atoms with van der Waals surface area (Å²) >= 11 is 7.45. The number of hydrogen-bond acceptors (Lipinski definition) is 4. The smallest absolute Gasteiger partial charge is 0.272 e. The van der Waals surface area contributed by atoms with Crippen LogP contribution >= 0.6 is 23.4 Å². The van der Waals surface area contributed by atoms with E-state index in [1.807, 2.05) is 57.2 Å². The third-order valence-corrected chi connectivity index (χ3v) is 7.84. The lowest BCUT2D eigenvalue weighted by Crippen LogP contribution is -2.30. The monoisotopic (exact) mass is 597 g/mol. The molecule has 4 rings (SSSR count). The van der Waals surface area contributed by atoms with Crippen LogP contribution in [-0.2, 0) is 9.59 Å². The summed E-state index contributed by atoms with van der Waals surface area (Å²) in [5, 5.41) is 8.88. The van der Waals surface area contributed by atoms with Crippen LogP contribution in [0.5, 0.6) is 0 Å². The Morgan fingerprint density at radius 3 is 2.17 bits per heavy atom. The van der Waals surface area contributed by atoms with E-state index in [2.05, 4.69) is 22.0 Å². The minimum atomic E-state index is -0.490. The van der Waals surface area contributed by atoms with Gasteiger partial charge in [-0.05, 0) is 97.6 Å². The molecule has 3 N–H and O–H groups in total. The summed E-state index contributed by atoms with van der Waals surface area (Å²) in [5.74, 6) is -0.981. The Morgan fingerprint density at radius 2 is 1.50 bits per heavy atom. The molecule has 4 aromatic rings. The number of halogens is 1. The topological polar surface area (TPSA) is 87.3 Å². The Balaban J connectivity index is 1.50. The third-order valence-electron chi connectivity index (χ3n) is 6.23. The Kier molecular flexibility index (Phi) is 10.6. The highest BCUT2D eigenvalue weighted by Gasteiger charge is 2.19. The minimum Gasteiger partial charge on any atom is -0.325 e. The lowest BCUT2D eigenvalue weighted by molar-refractivity contribution is -0.116. The zero-order valence-electron chi connectivity index (χ0n) is 23.6. The molecule has 0 saturated heterocycles. The Hall–Kier alpha value is -4.33. The van der Waals surface area contributed by atoms with Crippen LogP contribution in [0.15, 0.2) is 108 Å². The van der Waals surface area contributed by atoms with E-state index in [-0.39, 0.29) is 16.9 Å². The van der Waals surface area contributed by atoms with Crippen LogP contribution in [-0.4, -0.2) is 23.0 Å². The Labute approximate surface area is 255 Å². The predicted molar refractivity (Wildman–Crippen MR) is 173 cm³/mol. The van der Waals surface area contributed by atoms with Crippen molar-refractivity contribution in [1.82, 2.24) is 5.32 Å². The molecule has 3 amide bonds. The van der Waals surface area contributed by atoms with Crippen molar-refractivity contribution >= 4 is 58.5 Å². The predicted octanol–water partition coefficient (Wildman–Crippen LogP) is 7.88. The third kappa shape index (κ3) is 8.83. The second kappa shape index (κ2) is 14.5. The molecule has 6 nitrogen and oxygen atoms in total. The first-order chi connectivity index (χ1) is 20.2. The van der Waals surface area contributed by atoms with Gasteiger partial charge >= 0.3 is 0 Å². The number of aryl methyl sites for hydroxylation is 2. The van der Waals surface area contributed by atoms with Crippen molar-refractivity contribution in [3.05, 3.63) is 130 Å². The number of hydrogen-bond donors (Lipinski definition) is 3. The maximum atomic E-state index is 13.4. The first-order valence-corrected chi connectivity index (χ1v) is 14.8. The number of benzene rings is 4. The van der Waals surface area contributed by atoms with Crippen molar-refractivity contribution < 1.29 is 14.4 Å². The van der Waals surface area contributed by atoms with Crippen LogP contribution in [0.1, 0.15) is 40.4 Å². The molecule has 1 unspecified atom stereocenters. The van der Waals surface area contributed by atoms with Gasteiger partial charge in [0, 0.05) is 26.9 Å². The molecule has 0 heterocycles. The van der Waals surface area contributed by atoms with Gasteiger partial charge in [-0.15, -0.1) is 11.8 Å². The SMILES string of the molecule is CCC(Sc1cccc(NC(=O)/C(=C/c2ccc(Cl)cc2)NC(=O)c2ccccc2)c1)C(=O)Nc1cc(C)cc(C)c1. The summed E-state index contributed by atoms with van der Waals surface area (Å²) in [7, 11) is 0. The van der Waals surface area contributed by atoms with E-state index < -0.39 is 11.8 Å². The molecule has 0 aliphatic heterocycles. The lowest BCUT2D eigenvalue weighted by Gasteiger charge is -2.16. The quantitative estimate of drug-likeness (QED) is 0.128. The first kappa shape index (κ1) is 30.6. The molecular weight excluding hydrogens is 566 g/mol. The van der Waals surface area contributed by atoms with Crippen LogP contribution < -0.4 is 16.0 Å². The van der Waals surface area contributed by atoms with Gasteiger partial charge in [-0.2, -0.15) is 0 Å². The van der Waals surface area contributed by atoms with E-state index in [9.17, 15) is 14.4 Å². The molecular formula is C34H32ClN3O3S. The zero-order chi connectivity index (χ0) is 30.1. The molecule has 0 radical (unpaired) electrons. The van der Waals surface area contributed by atoms with E-state index in [1.165, 1.54) is 11.8 Å². The highest BCUT2D eigenvalue weighted by Crippen LogP contribution is 2.29.